The predicted molar refractivity (Wildman–Crippen MR) is 146 cm³/mol. The molecule has 1 N–H and O–H groups in total. The van der Waals surface area contributed by atoms with Crippen molar-refractivity contribution < 1.29 is 14.3 Å². The maximum absolute atomic E-state index is 12.7. The number of methoxy groups -OCH3 is 1. The van der Waals surface area contributed by atoms with Gasteiger partial charge in [0.15, 0.2) is 0 Å². The Kier molecular flexibility index (Phi) is 7.87. The van der Waals surface area contributed by atoms with Gasteiger partial charge in [-0.2, -0.15) is 0 Å². The molecule has 180 valence electrons. The second kappa shape index (κ2) is 11.2. The molecule has 4 rings (SSSR count). The van der Waals surface area contributed by atoms with Crippen molar-refractivity contribution in [3.8, 4) is 11.5 Å². The van der Waals surface area contributed by atoms with E-state index in [4.69, 9.17) is 19.5 Å². The van der Waals surface area contributed by atoms with Gasteiger partial charge < -0.3 is 14.8 Å². The van der Waals surface area contributed by atoms with E-state index in [-0.39, 0.29) is 11.7 Å². The lowest BCUT2D eigenvalue weighted by Crippen LogP contribution is -2.16. The molecule has 0 spiro atoms. The minimum absolute atomic E-state index is 0.0914. The Labute approximate surface area is 210 Å². The van der Waals surface area contributed by atoms with Crippen molar-refractivity contribution in [2.45, 2.75) is 27.2 Å². The first-order chi connectivity index (χ1) is 16.9. The number of aliphatic imine (C=N–C) groups is 2. The van der Waals surface area contributed by atoms with Crippen LogP contribution in [0.1, 0.15) is 30.0 Å². The molecule has 0 aromatic heterocycles. The maximum Gasteiger partial charge on any atom is 0.234 e. The number of carbonyl (C=O) groups is 1. The van der Waals surface area contributed by atoms with Gasteiger partial charge in [-0.25, -0.2) is 4.99 Å². The average Bonchev–Trinajstić information content (AvgIpc) is 3.03. The molecule has 0 atom stereocenters. The second-order valence-electron chi connectivity index (χ2n) is 8.19. The Morgan fingerprint density at radius 3 is 2.37 bits per heavy atom. The van der Waals surface area contributed by atoms with Gasteiger partial charge in [-0.15, -0.1) is 11.8 Å². The van der Waals surface area contributed by atoms with Crippen LogP contribution in [-0.2, 0) is 4.79 Å². The number of aryl methyl sites for hydroxylation is 2. The molecule has 0 fully saturated rings. The predicted octanol–water partition coefficient (Wildman–Crippen LogP) is 6.64. The molecule has 7 heteroatoms. The molecule has 1 aliphatic heterocycles. The molecule has 1 aliphatic rings. The zero-order chi connectivity index (χ0) is 24.8. The van der Waals surface area contributed by atoms with Crippen LogP contribution in [0, 0.1) is 13.8 Å². The van der Waals surface area contributed by atoms with Crippen LogP contribution in [0.2, 0.25) is 0 Å². The monoisotopic (exact) mass is 487 g/mol. The van der Waals surface area contributed by atoms with E-state index in [0.29, 0.717) is 13.0 Å². The van der Waals surface area contributed by atoms with Crippen molar-refractivity contribution in [3.63, 3.8) is 0 Å². The van der Waals surface area contributed by atoms with E-state index in [1.165, 1.54) is 17.3 Å². The summed E-state index contributed by atoms with van der Waals surface area (Å²) < 4.78 is 10.9. The van der Waals surface area contributed by atoms with Crippen LogP contribution in [0.15, 0.2) is 70.6 Å². The standard InChI is InChI=1S/C28H29N3O3S/c1-5-34-22-11-9-21(10-12-22)29-27(32)17-35-28-16-24(20-7-6-8-23(15-20)33-4)30-25-13-18(2)19(3)14-26(25)31-28/h6-15H,5,16-17H2,1-4H3,(H,29,32). The summed E-state index contributed by atoms with van der Waals surface area (Å²) in [4.78, 5) is 22.5. The van der Waals surface area contributed by atoms with Crippen molar-refractivity contribution in [3.05, 3.63) is 77.4 Å². The average molecular weight is 488 g/mol. The third kappa shape index (κ3) is 6.31. The summed E-state index contributed by atoms with van der Waals surface area (Å²) >= 11 is 1.43. The highest BCUT2D eigenvalue weighted by atomic mass is 32.2. The molecule has 6 nitrogen and oxygen atoms in total. The Bertz CT molecular complexity index is 1280. The summed E-state index contributed by atoms with van der Waals surface area (Å²) in [6, 6.07) is 19.4. The Morgan fingerprint density at radius 1 is 0.971 bits per heavy atom. The van der Waals surface area contributed by atoms with E-state index in [1.807, 2.05) is 55.5 Å². The lowest BCUT2D eigenvalue weighted by atomic mass is 10.1. The molecule has 0 aliphatic carbocycles. The molecule has 1 heterocycles. The third-order valence-corrected chi connectivity index (χ3v) is 6.61. The van der Waals surface area contributed by atoms with E-state index >= 15 is 0 Å². The van der Waals surface area contributed by atoms with Gasteiger partial charge in [0, 0.05) is 17.7 Å². The minimum atomic E-state index is -0.0914. The molecule has 0 unspecified atom stereocenters. The molecular weight excluding hydrogens is 458 g/mol. The third-order valence-electron chi connectivity index (χ3n) is 5.63. The van der Waals surface area contributed by atoms with Crippen LogP contribution in [0.4, 0.5) is 17.1 Å². The zero-order valence-electron chi connectivity index (χ0n) is 20.4. The van der Waals surface area contributed by atoms with E-state index in [2.05, 4.69) is 31.3 Å². The number of carbonyl (C=O) groups excluding carboxylic acids is 1. The first kappa shape index (κ1) is 24.5. The fourth-order valence-corrected chi connectivity index (χ4v) is 4.44. The maximum atomic E-state index is 12.7. The fourth-order valence-electron chi connectivity index (χ4n) is 3.67. The SMILES string of the molecule is CCOc1ccc(NC(=O)CSC2=Nc3cc(C)c(C)cc3N=C(c3cccc(OC)c3)C2)cc1. The molecule has 0 saturated carbocycles. The summed E-state index contributed by atoms with van der Waals surface area (Å²) in [5.41, 5.74) is 6.58. The van der Waals surface area contributed by atoms with Gasteiger partial charge >= 0.3 is 0 Å². The quantitative estimate of drug-likeness (QED) is 0.406. The summed E-state index contributed by atoms with van der Waals surface area (Å²) in [5, 5.41) is 3.79. The van der Waals surface area contributed by atoms with Crippen LogP contribution < -0.4 is 14.8 Å². The van der Waals surface area contributed by atoms with Gasteiger partial charge in [-0.05, 0) is 80.4 Å². The fraction of sp³-hybridized carbons (Fsp3) is 0.250. The number of rotatable bonds is 7. The second-order valence-corrected chi connectivity index (χ2v) is 9.24. The first-order valence-electron chi connectivity index (χ1n) is 11.5. The highest BCUT2D eigenvalue weighted by molar-refractivity contribution is 8.14. The molecule has 35 heavy (non-hydrogen) atoms. The number of hydrogen-bond acceptors (Lipinski definition) is 6. The summed E-state index contributed by atoms with van der Waals surface area (Å²) in [7, 11) is 1.65. The molecule has 1 amide bonds. The minimum Gasteiger partial charge on any atom is -0.497 e. The normalized spacial score (nSPS) is 12.7. The molecule has 0 bridgehead atoms. The summed E-state index contributed by atoms with van der Waals surface area (Å²) in [5.74, 6) is 1.71. The van der Waals surface area contributed by atoms with E-state index in [9.17, 15) is 4.79 Å². The van der Waals surface area contributed by atoms with E-state index in [0.717, 1.165) is 50.4 Å². The largest absolute Gasteiger partial charge is 0.497 e. The van der Waals surface area contributed by atoms with Crippen molar-refractivity contribution in [2.75, 3.05) is 24.8 Å². The Hall–Kier alpha value is -3.58. The topological polar surface area (TPSA) is 72.3 Å². The van der Waals surface area contributed by atoms with Crippen LogP contribution in [-0.4, -0.2) is 36.1 Å². The number of nitrogens with one attached hydrogen (secondary N) is 1. The van der Waals surface area contributed by atoms with Gasteiger partial charge in [-0.1, -0.05) is 12.1 Å². The highest BCUT2D eigenvalue weighted by Crippen LogP contribution is 2.36. The van der Waals surface area contributed by atoms with Crippen molar-refractivity contribution in [2.24, 2.45) is 9.98 Å². The van der Waals surface area contributed by atoms with E-state index < -0.39 is 0 Å². The molecule has 3 aromatic rings. The first-order valence-corrected chi connectivity index (χ1v) is 12.5. The Morgan fingerprint density at radius 2 is 1.69 bits per heavy atom. The number of amides is 1. The zero-order valence-corrected chi connectivity index (χ0v) is 21.2. The van der Waals surface area contributed by atoms with Gasteiger partial charge in [0.05, 0.1) is 41.6 Å². The Balaban J connectivity index is 1.54. The molecule has 3 aromatic carbocycles. The van der Waals surface area contributed by atoms with Crippen LogP contribution in [0.25, 0.3) is 0 Å². The van der Waals surface area contributed by atoms with Crippen molar-refractivity contribution in [1.82, 2.24) is 0 Å². The van der Waals surface area contributed by atoms with Crippen LogP contribution in [0.3, 0.4) is 0 Å². The number of ether oxygens (including phenoxy) is 2. The van der Waals surface area contributed by atoms with Gasteiger partial charge in [0.1, 0.15) is 11.5 Å². The van der Waals surface area contributed by atoms with Crippen molar-refractivity contribution >= 4 is 45.5 Å². The summed E-state index contributed by atoms with van der Waals surface area (Å²) in [6.45, 7) is 6.69. The number of nitrogens with zero attached hydrogens (tertiary/aromatic N) is 2. The molecule has 0 saturated heterocycles. The number of hydrogen-bond donors (Lipinski definition) is 1. The van der Waals surface area contributed by atoms with Gasteiger partial charge in [-0.3, -0.25) is 9.79 Å². The smallest absolute Gasteiger partial charge is 0.234 e. The van der Waals surface area contributed by atoms with Gasteiger partial charge in [0.2, 0.25) is 5.91 Å². The van der Waals surface area contributed by atoms with Gasteiger partial charge in [0.25, 0.3) is 0 Å². The molecule has 0 radical (unpaired) electrons. The van der Waals surface area contributed by atoms with Crippen LogP contribution >= 0.6 is 11.8 Å². The van der Waals surface area contributed by atoms with Crippen LogP contribution in [0.5, 0.6) is 11.5 Å². The lowest BCUT2D eigenvalue weighted by Gasteiger charge is -2.10. The van der Waals surface area contributed by atoms with E-state index in [1.54, 1.807) is 7.11 Å². The van der Waals surface area contributed by atoms with Crippen molar-refractivity contribution in [1.29, 1.82) is 0 Å². The number of thioether (sulfide) groups is 1. The molecular formula is C28H29N3O3S. The lowest BCUT2D eigenvalue weighted by molar-refractivity contribution is -0.113. The highest BCUT2D eigenvalue weighted by Gasteiger charge is 2.18. The number of fused-ring (bicyclic) bond motifs is 1. The summed E-state index contributed by atoms with van der Waals surface area (Å²) in [6.07, 6.45) is 0.529. The number of benzene rings is 3. The number of anilines is 1.